The van der Waals surface area contributed by atoms with Gasteiger partial charge in [-0.25, -0.2) is 4.98 Å². The van der Waals surface area contributed by atoms with Gasteiger partial charge in [0, 0.05) is 25.7 Å². The molecule has 0 unspecified atom stereocenters. The number of rotatable bonds is 3. The summed E-state index contributed by atoms with van der Waals surface area (Å²) in [5.41, 5.74) is 4.51. The van der Waals surface area contributed by atoms with Crippen molar-refractivity contribution in [1.29, 1.82) is 0 Å². The number of amides is 2. The summed E-state index contributed by atoms with van der Waals surface area (Å²) >= 11 is 0. The number of aromatic amines is 1. The molecule has 25 heavy (non-hydrogen) atoms. The standard InChI is InChI=1S/C19H18N4O2/c1-23-17-5-3-2-4-13(17)14(9-18(23)24)19(25)20-10-12-6-7-15-16(8-12)22-11-21-15/h2-8,11,14H,9-10H2,1H3,(H,20,25)(H,21,22)/t14-/m1/s1. The number of benzene rings is 2. The molecule has 0 aliphatic carbocycles. The van der Waals surface area contributed by atoms with E-state index in [1.165, 1.54) is 0 Å². The van der Waals surface area contributed by atoms with E-state index < -0.39 is 5.92 Å². The molecule has 2 N–H and O–H groups in total. The number of H-pyrrole nitrogens is 1. The highest BCUT2D eigenvalue weighted by molar-refractivity contribution is 6.02. The second-order valence-electron chi connectivity index (χ2n) is 6.24. The van der Waals surface area contributed by atoms with Crippen molar-refractivity contribution in [2.24, 2.45) is 0 Å². The molecule has 2 aromatic carbocycles. The van der Waals surface area contributed by atoms with Gasteiger partial charge in [0.25, 0.3) is 0 Å². The van der Waals surface area contributed by atoms with Crippen LogP contribution in [0.1, 0.15) is 23.5 Å². The predicted octanol–water partition coefficient (Wildman–Crippen LogP) is 2.33. The van der Waals surface area contributed by atoms with Crippen LogP contribution in [0.15, 0.2) is 48.8 Å². The van der Waals surface area contributed by atoms with Crippen LogP contribution in [0.3, 0.4) is 0 Å². The molecule has 4 rings (SSSR count). The van der Waals surface area contributed by atoms with E-state index in [4.69, 9.17) is 0 Å². The fourth-order valence-electron chi connectivity index (χ4n) is 3.28. The van der Waals surface area contributed by atoms with Gasteiger partial charge in [-0.2, -0.15) is 0 Å². The Balaban J connectivity index is 1.52. The zero-order valence-corrected chi connectivity index (χ0v) is 13.8. The highest BCUT2D eigenvalue weighted by Crippen LogP contribution is 2.35. The van der Waals surface area contributed by atoms with E-state index in [1.54, 1.807) is 18.3 Å². The summed E-state index contributed by atoms with van der Waals surface area (Å²) in [5, 5.41) is 2.96. The molecule has 0 bridgehead atoms. The lowest BCUT2D eigenvalue weighted by Crippen LogP contribution is -2.39. The second kappa shape index (κ2) is 6.05. The molecule has 0 saturated carbocycles. The van der Waals surface area contributed by atoms with E-state index >= 15 is 0 Å². The molecule has 0 spiro atoms. The predicted molar refractivity (Wildman–Crippen MR) is 95.2 cm³/mol. The fraction of sp³-hybridized carbons (Fsp3) is 0.211. The SMILES string of the molecule is CN1C(=O)C[C@@H](C(=O)NCc2ccc3nc[nH]c3c2)c2ccccc21. The van der Waals surface area contributed by atoms with Gasteiger partial charge in [0.15, 0.2) is 0 Å². The lowest BCUT2D eigenvalue weighted by molar-refractivity contribution is -0.127. The van der Waals surface area contributed by atoms with Crippen molar-refractivity contribution in [3.63, 3.8) is 0 Å². The van der Waals surface area contributed by atoms with Gasteiger partial charge in [0.05, 0.1) is 23.3 Å². The smallest absolute Gasteiger partial charge is 0.228 e. The van der Waals surface area contributed by atoms with Crippen molar-refractivity contribution in [3.8, 4) is 0 Å². The Kier molecular flexibility index (Phi) is 3.72. The van der Waals surface area contributed by atoms with Gasteiger partial charge in [-0.3, -0.25) is 9.59 Å². The van der Waals surface area contributed by atoms with Crippen LogP contribution >= 0.6 is 0 Å². The van der Waals surface area contributed by atoms with Crippen LogP contribution in [0.4, 0.5) is 5.69 Å². The molecule has 0 fully saturated rings. The third kappa shape index (κ3) is 2.76. The lowest BCUT2D eigenvalue weighted by Gasteiger charge is -2.30. The summed E-state index contributed by atoms with van der Waals surface area (Å²) in [6.07, 6.45) is 1.84. The van der Waals surface area contributed by atoms with Gasteiger partial charge in [-0.15, -0.1) is 0 Å². The Labute approximate surface area is 144 Å². The Morgan fingerprint density at radius 1 is 1.32 bits per heavy atom. The molecule has 1 atom stereocenters. The Morgan fingerprint density at radius 3 is 3.04 bits per heavy atom. The topological polar surface area (TPSA) is 78.1 Å². The van der Waals surface area contributed by atoms with E-state index in [1.807, 2.05) is 42.5 Å². The van der Waals surface area contributed by atoms with Crippen LogP contribution in [-0.2, 0) is 16.1 Å². The number of imidazole rings is 1. The molecule has 0 radical (unpaired) electrons. The number of hydrogen-bond acceptors (Lipinski definition) is 3. The number of anilines is 1. The minimum atomic E-state index is -0.448. The first-order valence-electron chi connectivity index (χ1n) is 8.18. The number of carbonyl (C=O) groups is 2. The number of fused-ring (bicyclic) bond motifs is 2. The first-order valence-corrected chi connectivity index (χ1v) is 8.18. The van der Waals surface area contributed by atoms with Gasteiger partial charge in [0.1, 0.15) is 0 Å². The largest absolute Gasteiger partial charge is 0.351 e. The summed E-state index contributed by atoms with van der Waals surface area (Å²) in [6.45, 7) is 0.413. The molecule has 6 nitrogen and oxygen atoms in total. The minimum absolute atomic E-state index is 0.0438. The molecular weight excluding hydrogens is 316 g/mol. The molecule has 3 aromatic rings. The van der Waals surface area contributed by atoms with Gasteiger partial charge in [0.2, 0.25) is 11.8 Å². The van der Waals surface area contributed by atoms with Crippen molar-refractivity contribution in [2.75, 3.05) is 11.9 Å². The van der Waals surface area contributed by atoms with Crippen LogP contribution in [0.25, 0.3) is 11.0 Å². The molecule has 126 valence electrons. The highest BCUT2D eigenvalue weighted by Gasteiger charge is 2.33. The highest BCUT2D eigenvalue weighted by atomic mass is 16.2. The normalized spacial score (nSPS) is 16.8. The van der Waals surface area contributed by atoms with Gasteiger partial charge in [-0.1, -0.05) is 24.3 Å². The molecule has 1 aliphatic rings. The maximum absolute atomic E-state index is 12.7. The number of carbonyl (C=O) groups excluding carboxylic acids is 2. The summed E-state index contributed by atoms with van der Waals surface area (Å²) in [6, 6.07) is 13.4. The molecule has 6 heteroatoms. The van der Waals surface area contributed by atoms with E-state index in [0.29, 0.717) is 6.54 Å². The van der Waals surface area contributed by atoms with Gasteiger partial charge < -0.3 is 15.2 Å². The average molecular weight is 334 g/mol. The van der Waals surface area contributed by atoms with E-state index in [2.05, 4.69) is 15.3 Å². The summed E-state index contributed by atoms with van der Waals surface area (Å²) in [4.78, 5) is 33.8. The average Bonchev–Trinajstić information content (AvgIpc) is 3.10. The molecule has 1 aliphatic heterocycles. The summed E-state index contributed by atoms with van der Waals surface area (Å²) in [7, 11) is 1.74. The zero-order chi connectivity index (χ0) is 17.4. The first-order chi connectivity index (χ1) is 12.1. The Bertz CT molecular complexity index is 963. The summed E-state index contributed by atoms with van der Waals surface area (Å²) in [5.74, 6) is -0.618. The monoisotopic (exact) mass is 334 g/mol. The van der Waals surface area contributed by atoms with E-state index in [0.717, 1.165) is 27.8 Å². The molecule has 2 amide bonds. The van der Waals surface area contributed by atoms with Crippen molar-refractivity contribution in [3.05, 3.63) is 59.9 Å². The van der Waals surface area contributed by atoms with Gasteiger partial charge in [-0.05, 0) is 29.3 Å². The molecular formula is C19H18N4O2. The number of nitrogens with zero attached hydrogens (tertiary/aromatic N) is 2. The van der Waals surface area contributed by atoms with Crippen LogP contribution in [0, 0.1) is 0 Å². The molecule has 2 heterocycles. The quantitative estimate of drug-likeness (QED) is 0.772. The van der Waals surface area contributed by atoms with E-state index in [9.17, 15) is 9.59 Å². The fourth-order valence-corrected chi connectivity index (χ4v) is 3.28. The van der Waals surface area contributed by atoms with Crippen molar-refractivity contribution < 1.29 is 9.59 Å². The third-order valence-electron chi connectivity index (χ3n) is 4.69. The van der Waals surface area contributed by atoms with Crippen LogP contribution in [0.5, 0.6) is 0 Å². The lowest BCUT2D eigenvalue weighted by atomic mass is 9.89. The third-order valence-corrected chi connectivity index (χ3v) is 4.69. The number of nitrogens with one attached hydrogen (secondary N) is 2. The van der Waals surface area contributed by atoms with E-state index in [-0.39, 0.29) is 18.2 Å². The maximum Gasteiger partial charge on any atom is 0.228 e. The van der Waals surface area contributed by atoms with Crippen LogP contribution in [-0.4, -0.2) is 28.8 Å². The molecule has 0 saturated heterocycles. The Hall–Kier alpha value is -3.15. The van der Waals surface area contributed by atoms with Gasteiger partial charge >= 0.3 is 0 Å². The maximum atomic E-state index is 12.7. The first kappa shape index (κ1) is 15.4. The van der Waals surface area contributed by atoms with Crippen molar-refractivity contribution in [2.45, 2.75) is 18.9 Å². The number of hydrogen-bond donors (Lipinski definition) is 2. The van der Waals surface area contributed by atoms with Crippen LogP contribution in [0.2, 0.25) is 0 Å². The summed E-state index contributed by atoms with van der Waals surface area (Å²) < 4.78 is 0. The van der Waals surface area contributed by atoms with Crippen molar-refractivity contribution in [1.82, 2.24) is 15.3 Å². The Morgan fingerprint density at radius 2 is 2.16 bits per heavy atom. The van der Waals surface area contributed by atoms with Crippen LogP contribution < -0.4 is 10.2 Å². The van der Waals surface area contributed by atoms with Crippen molar-refractivity contribution >= 4 is 28.5 Å². The zero-order valence-electron chi connectivity index (χ0n) is 13.8. The second-order valence-corrected chi connectivity index (χ2v) is 6.24. The number of para-hydroxylation sites is 1. The molecule has 1 aromatic heterocycles. The minimum Gasteiger partial charge on any atom is -0.351 e. The number of aromatic nitrogens is 2.